The summed E-state index contributed by atoms with van der Waals surface area (Å²) in [4.78, 5) is 43.9. The quantitative estimate of drug-likeness (QED) is 0.610. The molecule has 1 aromatic rings. The smallest absolute Gasteiger partial charge is 0.335 e. The summed E-state index contributed by atoms with van der Waals surface area (Å²) < 4.78 is 4.48. The molecular weight excluding hydrogens is 256 g/mol. The highest BCUT2D eigenvalue weighted by atomic mass is 16.4. The molecule has 1 rings (SSSR count). The van der Waals surface area contributed by atoms with E-state index in [2.05, 4.69) is 9.73 Å². The Balaban J connectivity index is 2.70. The molecule has 8 nitrogen and oxygen atoms in total. The van der Waals surface area contributed by atoms with E-state index in [0.717, 1.165) is 12.3 Å². The van der Waals surface area contributed by atoms with Gasteiger partial charge in [-0.2, -0.15) is 0 Å². The van der Waals surface area contributed by atoms with E-state index in [-0.39, 0.29) is 18.4 Å². The topological polar surface area (TPSA) is 140 Å². The zero-order valence-corrected chi connectivity index (χ0v) is 9.79. The fraction of sp³-hybridized carbons (Fsp3) is 0.273. The lowest BCUT2D eigenvalue weighted by atomic mass is 10.1. The number of nitrogens with two attached hydrogens (primary N) is 1. The first kappa shape index (κ1) is 14.4. The van der Waals surface area contributed by atoms with E-state index in [1.807, 2.05) is 0 Å². The molecule has 19 heavy (non-hydrogen) atoms. The van der Waals surface area contributed by atoms with Crippen LogP contribution in [-0.4, -0.2) is 28.9 Å². The Morgan fingerprint density at radius 1 is 1.37 bits per heavy atom. The second-order valence-electron chi connectivity index (χ2n) is 3.71. The molecule has 1 aromatic heterocycles. The molecule has 0 aliphatic carbocycles. The van der Waals surface area contributed by atoms with Crippen molar-refractivity contribution < 1.29 is 23.9 Å². The highest BCUT2D eigenvalue weighted by Crippen LogP contribution is 2.01. The first-order chi connectivity index (χ1) is 8.90. The molecule has 0 spiro atoms. The maximum Gasteiger partial charge on any atom is 0.335 e. The molecule has 0 bridgehead atoms. The summed E-state index contributed by atoms with van der Waals surface area (Å²) in [6.45, 7) is 0. The molecule has 0 aromatic carbocycles. The molecule has 0 aliphatic rings. The van der Waals surface area contributed by atoms with Crippen LogP contribution in [0, 0.1) is 0 Å². The van der Waals surface area contributed by atoms with Crippen molar-refractivity contribution in [1.82, 2.24) is 5.32 Å². The number of hydrogen-bond acceptors (Lipinski definition) is 5. The van der Waals surface area contributed by atoms with Crippen LogP contribution in [0.5, 0.6) is 0 Å². The fourth-order valence-corrected chi connectivity index (χ4v) is 1.27. The van der Waals surface area contributed by atoms with E-state index in [4.69, 9.17) is 10.8 Å². The summed E-state index contributed by atoms with van der Waals surface area (Å²) in [6, 6.07) is 0.995. The third-order valence-corrected chi connectivity index (χ3v) is 2.25. The highest BCUT2D eigenvalue weighted by Gasteiger charge is 2.21. The van der Waals surface area contributed by atoms with Crippen LogP contribution in [0.4, 0.5) is 0 Å². The third-order valence-electron chi connectivity index (χ3n) is 2.25. The molecule has 0 fully saturated rings. The molecule has 0 aliphatic heterocycles. The van der Waals surface area contributed by atoms with Crippen LogP contribution >= 0.6 is 0 Å². The maximum atomic E-state index is 11.7. The zero-order valence-electron chi connectivity index (χ0n) is 9.79. The Hall–Kier alpha value is -2.64. The van der Waals surface area contributed by atoms with Gasteiger partial charge in [-0.15, -0.1) is 0 Å². The Bertz CT molecular complexity index is 530. The van der Waals surface area contributed by atoms with E-state index in [0.29, 0.717) is 0 Å². The SMILES string of the molecule is NC(=O)CC[C@@H](NC(=O)c1ccc(=O)oc1)C(=O)O. The fourth-order valence-electron chi connectivity index (χ4n) is 1.27. The Labute approximate surface area is 107 Å². The van der Waals surface area contributed by atoms with Crippen LogP contribution in [0.1, 0.15) is 23.2 Å². The summed E-state index contributed by atoms with van der Waals surface area (Å²) in [5, 5.41) is 11.1. The molecule has 0 unspecified atom stereocenters. The van der Waals surface area contributed by atoms with Gasteiger partial charge in [-0.1, -0.05) is 0 Å². The van der Waals surface area contributed by atoms with Crippen molar-refractivity contribution in [1.29, 1.82) is 0 Å². The summed E-state index contributed by atoms with van der Waals surface area (Å²) in [6.07, 6.45) is 0.638. The predicted octanol–water partition coefficient (Wildman–Crippen LogP) is -0.912. The second kappa shape index (κ2) is 6.34. The number of amides is 2. The van der Waals surface area contributed by atoms with Crippen LogP contribution < -0.4 is 16.7 Å². The Kier molecular flexibility index (Phi) is 4.81. The summed E-state index contributed by atoms with van der Waals surface area (Å²) in [7, 11) is 0. The van der Waals surface area contributed by atoms with Crippen LogP contribution in [0.2, 0.25) is 0 Å². The third kappa shape index (κ3) is 4.62. The zero-order chi connectivity index (χ0) is 14.4. The van der Waals surface area contributed by atoms with Crippen molar-refractivity contribution in [2.45, 2.75) is 18.9 Å². The normalized spacial score (nSPS) is 11.6. The van der Waals surface area contributed by atoms with Crippen LogP contribution in [0.3, 0.4) is 0 Å². The Morgan fingerprint density at radius 2 is 2.05 bits per heavy atom. The number of hydrogen-bond donors (Lipinski definition) is 3. The number of carboxylic acid groups (broad SMARTS) is 1. The molecule has 0 saturated carbocycles. The molecule has 1 heterocycles. The maximum absolute atomic E-state index is 11.7. The summed E-state index contributed by atoms with van der Waals surface area (Å²) in [5.41, 5.74) is 4.28. The average molecular weight is 268 g/mol. The summed E-state index contributed by atoms with van der Waals surface area (Å²) >= 11 is 0. The van der Waals surface area contributed by atoms with Gasteiger partial charge in [0.05, 0.1) is 5.56 Å². The molecule has 0 radical (unpaired) electrons. The number of nitrogens with one attached hydrogen (secondary N) is 1. The number of carbonyl (C=O) groups is 3. The van der Waals surface area contributed by atoms with Gasteiger partial charge in [0.2, 0.25) is 5.91 Å². The van der Waals surface area contributed by atoms with Gasteiger partial charge in [-0.25, -0.2) is 9.59 Å². The lowest BCUT2D eigenvalue weighted by Crippen LogP contribution is -2.41. The van der Waals surface area contributed by atoms with E-state index >= 15 is 0 Å². The van der Waals surface area contributed by atoms with Gasteiger partial charge in [0.1, 0.15) is 12.3 Å². The van der Waals surface area contributed by atoms with E-state index in [1.54, 1.807) is 0 Å². The highest BCUT2D eigenvalue weighted by molar-refractivity contribution is 5.96. The first-order valence-corrected chi connectivity index (χ1v) is 5.31. The van der Waals surface area contributed by atoms with Gasteiger partial charge < -0.3 is 20.6 Å². The van der Waals surface area contributed by atoms with E-state index in [9.17, 15) is 19.2 Å². The van der Waals surface area contributed by atoms with Crippen molar-refractivity contribution in [2.75, 3.05) is 0 Å². The monoisotopic (exact) mass is 268 g/mol. The minimum absolute atomic E-state index is 0.00456. The molecule has 102 valence electrons. The van der Waals surface area contributed by atoms with Crippen molar-refractivity contribution in [3.8, 4) is 0 Å². The second-order valence-corrected chi connectivity index (χ2v) is 3.71. The number of rotatable bonds is 6. The lowest BCUT2D eigenvalue weighted by molar-refractivity contribution is -0.139. The minimum atomic E-state index is -1.29. The molecule has 1 atom stereocenters. The summed E-state index contributed by atoms with van der Waals surface area (Å²) in [5.74, 6) is -2.67. The van der Waals surface area contributed by atoms with Gasteiger partial charge in [0.25, 0.3) is 5.91 Å². The first-order valence-electron chi connectivity index (χ1n) is 5.31. The molecule has 0 saturated heterocycles. The number of aliphatic carboxylic acids is 1. The van der Waals surface area contributed by atoms with Crippen molar-refractivity contribution >= 4 is 17.8 Å². The predicted molar refractivity (Wildman–Crippen MR) is 62.3 cm³/mol. The van der Waals surface area contributed by atoms with Crippen molar-refractivity contribution in [3.05, 3.63) is 34.4 Å². The van der Waals surface area contributed by atoms with E-state index < -0.39 is 29.5 Å². The van der Waals surface area contributed by atoms with Crippen LogP contribution in [-0.2, 0) is 9.59 Å². The molecule has 8 heteroatoms. The molecule has 4 N–H and O–H groups in total. The minimum Gasteiger partial charge on any atom is -0.480 e. The van der Waals surface area contributed by atoms with Gasteiger partial charge in [-0.3, -0.25) is 9.59 Å². The van der Waals surface area contributed by atoms with E-state index in [1.165, 1.54) is 6.07 Å². The lowest BCUT2D eigenvalue weighted by Gasteiger charge is -2.13. The molecular formula is C11H12N2O6. The average Bonchev–Trinajstić information content (AvgIpc) is 2.34. The van der Waals surface area contributed by atoms with Crippen molar-refractivity contribution in [3.63, 3.8) is 0 Å². The standard InChI is InChI=1S/C11H12N2O6/c12-8(14)3-2-7(11(17)18)13-10(16)6-1-4-9(15)19-5-6/h1,4-5,7H,2-3H2,(H2,12,14)(H,13,16)(H,17,18)/t7-/m1/s1. The Morgan fingerprint density at radius 3 is 2.53 bits per heavy atom. The number of carboxylic acids is 1. The van der Waals surface area contributed by atoms with Gasteiger partial charge >= 0.3 is 11.6 Å². The van der Waals surface area contributed by atoms with Gasteiger partial charge in [-0.05, 0) is 12.5 Å². The number of primary amides is 1. The number of carbonyl (C=O) groups excluding carboxylic acids is 2. The largest absolute Gasteiger partial charge is 0.480 e. The van der Waals surface area contributed by atoms with Gasteiger partial charge in [0, 0.05) is 12.5 Å². The van der Waals surface area contributed by atoms with Gasteiger partial charge in [0.15, 0.2) is 0 Å². The van der Waals surface area contributed by atoms with Crippen LogP contribution in [0.25, 0.3) is 0 Å². The molecule has 2 amide bonds. The van der Waals surface area contributed by atoms with Crippen LogP contribution in [0.15, 0.2) is 27.6 Å². The van der Waals surface area contributed by atoms with Crippen molar-refractivity contribution in [2.24, 2.45) is 5.73 Å².